The lowest BCUT2D eigenvalue weighted by Gasteiger charge is -1.96. The summed E-state index contributed by atoms with van der Waals surface area (Å²) in [5, 5.41) is 0.138. The van der Waals surface area contributed by atoms with Gasteiger partial charge in [0, 0.05) is 0 Å². The summed E-state index contributed by atoms with van der Waals surface area (Å²) in [4.78, 5) is 24.2. The number of H-pyrrole nitrogens is 1. The average Bonchev–Trinajstić information content (AvgIpc) is 2.24. The Morgan fingerprint density at radius 3 is 1.92 bits per heavy atom. The number of aromatic nitrogens is 1. The van der Waals surface area contributed by atoms with Crippen LogP contribution in [0.25, 0.3) is 0 Å². The van der Waals surface area contributed by atoms with Gasteiger partial charge in [0.15, 0.2) is 0 Å². The van der Waals surface area contributed by atoms with E-state index < -0.39 is 11.8 Å². The molecule has 0 spiro atoms. The van der Waals surface area contributed by atoms with E-state index in [0.717, 1.165) is 0 Å². The third-order valence-electron chi connectivity index (χ3n) is 1.50. The predicted octanol–water partition coefficient (Wildman–Crippen LogP) is -0.917. The zero-order chi connectivity index (χ0) is 10.2. The van der Waals surface area contributed by atoms with Gasteiger partial charge in [0.05, 0.1) is 16.2 Å². The zero-order valence-corrected chi connectivity index (χ0v) is 7.39. The highest BCUT2D eigenvalue weighted by atomic mass is 32.1. The number of hydrogen-bond donors (Lipinski definition) is 5. The van der Waals surface area contributed by atoms with Gasteiger partial charge in [0.25, 0.3) is 11.8 Å². The van der Waals surface area contributed by atoms with E-state index in [0.29, 0.717) is 0 Å². The summed E-state index contributed by atoms with van der Waals surface area (Å²) in [7, 11) is 0. The summed E-state index contributed by atoms with van der Waals surface area (Å²) in [6.07, 6.45) is 0. The van der Waals surface area contributed by atoms with Gasteiger partial charge < -0.3 is 22.2 Å². The van der Waals surface area contributed by atoms with E-state index >= 15 is 0 Å². The highest BCUT2D eigenvalue weighted by molar-refractivity contribution is 7.80. The maximum atomic E-state index is 10.9. The minimum absolute atomic E-state index is 0.00806. The Morgan fingerprint density at radius 1 is 1.15 bits per heavy atom. The molecule has 0 fully saturated rings. The maximum Gasteiger partial charge on any atom is 0.253 e. The molecule has 1 rings (SSSR count). The van der Waals surface area contributed by atoms with Crippen molar-refractivity contribution in [2.75, 3.05) is 5.73 Å². The van der Waals surface area contributed by atoms with Crippen molar-refractivity contribution in [1.82, 2.24) is 4.98 Å². The molecule has 7 heteroatoms. The lowest BCUT2D eigenvalue weighted by molar-refractivity contribution is 0.0967. The van der Waals surface area contributed by atoms with E-state index in [2.05, 4.69) is 17.6 Å². The van der Waals surface area contributed by atoms with Gasteiger partial charge in [-0.1, -0.05) is 0 Å². The molecule has 1 aromatic heterocycles. The molecule has 1 heterocycles. The molecule has 0 radical (unpaired) electrons. The summed E-state index contributed by atoms with van der Waals surface area (Å²) in [5.41, 5.74) is 15.2. The quantitative estimate of drug-likeness (QED) is 0.396. The fraction of sp³-hybridized carbons (Fsp3) is 0. The fourth-order valence-electron chi connectivity index (χ4n) is 1.00. The first kappa shape index (κ1) is 9.46. The molecule has 6 nitrogen and oxygen atoms in total. The SMILES string of the molecule is NC(=O)c1c(N)[nH]c(S)c1C(N)=O. The van der Waals surface area contributed by atoms with E-state index in [1.165, 1.54) is 0 Å². The first-order valence-corrected chi connectivity index (χ1v) is 3.70. The summed E-state index contributed by atoms with van der Waals surface area (Å²) >= 11 is 3.88. The van der Waals surface area contributed by atoms with E-state index in [9.17, 15) is 9.59 Å². The second-order valence-corrected chi connectivity index (χ2v) is 2.81. The van der Waals surface area contributed by atoms with Crippen LogP contribution in [0.4, 0.5) is 5.82 Å². The molecule has 0 bridgehead atoms. The van der Waals surface area contributed by atoms with Crippen LogP contribution >= 0.6 is 12.6 Å². The number of nitrogens with one attached hydrogen (secondary N) is 1. The Balaban J connectivity index is 3.47. The Hall–Kier alpha value is -1.63. The Morgan fingerprint density at radius 2 is 1.62 bits per heavy atom. The van der Waals surface area contributed by atoms with Crippen LogP contribution in [0.5, 0.6) is 0 Å². The van der Waals surface area contributed by atoms with Gasteiger partial charge in [-0.3, -0.25) is 9.59 Å². The fourth-order valence-corrected chi connectivity index (χ4v) is 1.34. The van der Waals surface area contributed by atoms with Crippen molar-refractivity contribution in [3.8, 4) is 0 Å². The van der Waals surface area contributed by atoms with Gasteiger partial charge in [0.1, 0.15) is 5.82 Å². The van der Waals surface area contributed by atoms with Crippen LogP contribution in [0, 0.1) is 0 Å². The zero-order valence-electron chi connectivity index (χ0n) is 6.50. The van der Waals surface area contributed by atoms with Crippen molar-refractivity contribution in [3.05, 3.63) is 11.1 Å². The number of anilines is 1. The monoisotopic (exact) mass is 200 g/mol. The highest BCUT2D eigenvalue weighted by Gasteiger charge is 2.21. The number of primary amides is 2. The van der Waals surface area contributed by atoms with Crippen LogP contribution in [0.1, 0.15) is 20.7 Å². The van der Waals surface area contributed by atoms with Crippen molar-refractivity contribution in [3.63, 3.8) is 0 Å². The summed E-state index contributed by atoms with van der Waals surface area (Å²) in [6, 6.07) is 0. The van der Waals surface area contributed by atoms with Crippen LogP contribution in [0.15, 0.2) is 5.03 Å². The molecule has 0 saturated heterocycles. The summed E-state index contributed by atoms with van der Waals surface area (Å²) in [5.74, 6) is -1.62. The van der Waals surface area contributed by atoms with Crippen molar-refractivity contribution in [2.45, 2.75) is 5.03 Å². The van der Waals surface area contributed by atoms with Crippen LogP contribution in [-0.2, 0) is 0 Å². The molecule has 0 saturated carbocycles. The second kappa shape index (κ2) is 3.02. The van der Waals surface area contributed by atoms with Gasteiger partial charge in [0.2, 0.25) is 0 Å². The van der Waals surface area contributed by atoms with Gasteiger partial charge >= 0.3 is 0 Å². The van der Waals surface area contributed by atoms with Crippen LogP contribution in [-0.4, -0.2) is 16.8 Å². The normalized spacial score (nSPS) is 9.92. The lowest BCUT2D eigenvalue weighted by Crippen LogP contribution is -2.20. The third-order valence-corrected chi connectivity index (χ3v) is 1.84. The Bertz CT molecular complexity index is 350. The van der Waals surface area contributed by atoms with Gasteiger partial charge in [-0.15, -0.1) is 12.6 Å². The average molecular weight is 200 g/mol. The second-order valence-electron chi connectivity index (χ2n) is 2.37. The topological polar surface area (TPSA) is 128 Å². The number of nitrogen functional groups attached to an aromatic ring is 1. The lowest BCUT2D eigenvalue weighted by atomic mass is 10.1. The largest absolute Gasteiger partial charge is 0.385 e. The minimum Gasteiger partial charge on any atom is -0.385 e. The number of nitrogens with two attached hydrogens (primary N) is 3. The van der Waals surface area contributed by atoms with Crippen LogP contribution in [0.2, 0.25) is 0 Å². The number of thiol groups is 1. The number of carbonyl (C=O) groups is 2. The number of aromatic amines is 1. The number of hydrogen-bond acceptors (Lipinski definition) is 4. The maximum absolute atomic E-state index is 10.9. The highest BCUT2D eigenvalue weighted by Crippen LogP contribution is 2.22. The molecule has 2 amide bonds. The van der Waals surface area contributed by atoms with E-state index in [4.69, 9.17) is 17.2 Å². The molecule has 0 unspecified atom stereocenters. The first-order chi connectivity index (χ1) is 5.95. The predicted molar refractivity (Wildman–Crippen MR) is 49.5 cm³/mol. The van der Waals surface area contributed by atoms with Gasteiger partial charge in [-0.2, -0.15) is 0 Å². The van der Waals surface area contributed by atoms with Crippen molar-refractivity contribution >= 4 is 30.3 Å². The third kappa shape index (κ3) is 1.45. The molecule has 0 aliphatic carbocycles. The molecule has 13 heavy (non-hydrogen) atoms. The molecule has 0 aliphatic heterocycles. The van der Waals surface area contributed by atoms with Crippen LogP contribution in [0.3, 0.4) is 0 Å². The van der Waals surface area contributed by atoms with Gasteiger partial charge in [-0.25, -0.2) is 0 Å². The Labute approximate surface area is 78.9 Å². The minimum atomic E-state index is -0.817. The van der Waals surface area contributed by atoms with E-state index in [-0.39, 0.29) is 22.0 Å². The smallest absolute Gasteiger partial charge is 0.253 e. The van der Waals surface area contributed by atoms with Crippen molar-refractivity contribution in [2.24, 2.45) is 11.5 Å². The molecule has 0 aliphatic rings. The molecular formula is C6H8N4O2S. The van der Waals surface area contributed by atoms with Crippen LogP contribution < -0.4 is 17.2 Å². The molecule has 0 atom stereocenters. The standard InChI is InChI=1S/C6H8N4O2S/c7-3-1(4(8)11)2(5(9)12)6(13)10-3/h10,13H,7H2,(H2,8,11)(H2,9,12). The molecular weight excluding hydrogens is 192 g/mol. The molecule has 7 N–H and O–H groups in total. The number of amides is 2. The van der Waals surface area contributed by atoms with E-state index in [1.54, 1.807) is 0 Å². The summed E-state index contributed by atoms with van der Waals surface area (Å²) < 4.78 is 0. The van der Waals surface area contributed by atoms with Gasteiger partial charge in [-0.05, 0) is 0 Å². The van der Waals surface area contributed by atoms with E-state index in [1.807, 2.05) is 0 Å². The van der Waals surface area contributed by atoms with Crippen molar-refractivity contribution < 1.29 is 9.59 Å². The first-order valence-electron chi connectivity index (χ1n) is 3.25. The van der Waals surface area contributed by atoms with Crippen molar-refractivity contribution in [1.29, 1.82) is 0 Å². The molecule has 0 aromatic carbocycles. The molecule has 1 aromatic rings. The number of carbonyl (C=O) groups excluding carboxylic acids is 2. The Kier molecular flexibility index (Phi) is 2.20. The number of rotatable bonds is 2. The molecule has 70 valence electrons. The summed E-state index contributed by atoms with van der Waals surface area (Å²) in [6.45, 7) is 0.